The maximum Gasteiger partial charge on any atom is 0.197 e. The lowest BCUT2D eigenvalue weighted by Crippen LogP contribution is -2.01. The van der Waals surface area contributed by atoms with Crippen LogP contribution >= 0.6 is 11.8 Å². The Bertz CT molecular complexity index is 748. The zero-order valence-electron chi connectivity index (χ0n) is 10.6. The molecule has 3 aromatic heterocycles. The second-order valence-corrected chi connectivity index (χ2v) is 4.90. The van der Waals surface area contributed by atoms with Gasteiger partial charge in [0.2, 0.25) is 0 Å². The van der Waals surface area contributed by atoms with Crippen LogP contribution in [0.15, 0.2) is 34.8 Å². The van der Waals surface area contributed by atoms with Crippen molar-refractivity contribution in [1.29, 1.82) is 0 Å². The number of nitrogen functional groups attached to an aromatic ring is 2. The minimum absolute atomic E-state index is 0.323. The van der Waals surface area contributed by atoms with E-state index in [1.807, 2.05) is 16.8 Å². The lowest BCUT2D eigenvalue weighted by Gasteiger charge is -2.06. The van der Waals surface area contributed by atoms with Crippen LogP contribution in [0.2, 0.25) is 0 Å². The Morgan fingerprint density at radius 2 is 1.95 bits per heavy atom. The summed E-state index contributed by atoms with van der Waals surface area (Å²) in [6.07, 6.45) is 5.40. The first-order chi connectivity index (χ1) is 9.65. The first-order valence-electron chi connectivity index (χ1n) is 5.75. The Morgan fingerprint density at radius 1 is 1.20 bits per heavy atom. The highest BCUT2D eigenvalue weighted by Gasteiger charge is 2.11. The van der Waals surface area contributed by atoms with E-state index in [4.69, 9.17) is 11.5 Å². The normalized spacial score (nSPS) is 10.8. The van der Waals surface area contributed by atoms with E-state index in [1.165, 1.54) is 17.8 Å². The summed E-state index contributed by atoms with van der Waals surface area (Å²) in [6, 6.07) is 1.51. The lowest BCUT2D eigenvalue weighted by molar-refractivity contribution is 0.970. The molecule has 3 heterocycles. The Hall–Kier alpha value is -2.55. The molecule has 0 fully saturated rings. The average molecular weight is 288 g/mol. The molecule has 3 rings (SSSR count). The summed E-state index contributed by atoms with van der Waals surface area (Å²) in [6.45, 7) is 0. The largest absolute Gasteiger partial charge is 0.383 e. The van der Waals surface area contributed by atoms with Crippen molar-refractivity contribution in [3.05, 3.63) is 24.7 Å². The van der Waals surface area contributed by atoms with Gasteiger partial charge in [-0.1, -0.05) is 0 Å². The molecule has 102 valence electrons. The molecule has 0 spiro atoms. The summed E-state index contributed by atoms with van der Waals surface area (Å²) >= 11 is 1.26. The van der Waals surface area contributed by atoms with Gasteiger partial charge in [0.05, 0.1) is 6.20 Å². The maximum absolute atomic E-state index is 5.66. The zero-order valence-corrected chi connectivity index (χ0v) is 11.4. The van der Waals surface area contributed by atoms with Gasteiger partial charge in [0.25, 0.3) is 0 Å². The van der Waals surface area contributed by atoms with Crippen molar-refractivity contribution in [3.8, 4) is 0 Å². The SMILES string of the molecule is CNc1cn2ccnc2c(Sc2nc(N)cc(N)n2)n1. The number of nitrogens with one attached hydrogen (secondary N) is 1. The third-order valence-electron chi connectivity index (χ3n) is 2.53. The van der Waals surface area contributed by atoms with E-state index < -0.39 is 0 Å². The second-order valence-electron chi connectivity index (χ2n) is 3.94. The molecule has 0 atom stereocenters. The molecule has 9 heteroatoms. The van der Waals surface area contributed by atoms with Gasteiger partial charge in [-0.25, -0.2) is 19.9 Å². The first-order valence-corrected chi connectivity index (χ1v) is 6.56. The predicted molar refractivity (Wildman–Crippen MR) is 77.5 cm³/mol. The monoisotopic (exact) mass is 288 g/mol. The van der Waals surface area contributed by atoms with Crippen molar-refractivity contribution >= 4 is 34.9 Å². The summed E-state index contributed by atoms with van der Waals surface area (Å²) in [5.41, 5.74) is 12.0. The number of hydrogen-bond donors (Lipinski definition) is 3. The Kier molecular flexibility index (Phi) is 3.03. The highest BCUT2D eigenvalue weighted by molar-refractivity contribution is 7.99. The average Bonchev–Trinajstić information content (AvgIpc) is 2.85. The fourth-order valence-corrected chi connectivity index (χ4v) is 2.55. The van der Waals surface area contributed by atoms with Crippen molar-refractivity contribution in [3.63, 3.8) is 0 Å². The van der Waals surface area contributed by atoms with Crippen molar-refractivity contribution in [2.75, 3.05) is 23.8 Å². The van der Waals surface area contributed by atoms with Gasteiger partial charge in [-0.3, -0.25) is 0 Å². The van der Waals surface area contributed by atoms with Crippen LogP contribution < -0.4 is 16.8 Å². The van der Waals surface area contributed by atoms with Crippen LogP contribution in [-0.4, -0.2) is 31.4 Å². The molecule has 0 bridgehead atoms. The highest BCUT2D eigenvalue weighted by atomic mass is 32.2. The van der Waals surface area contributed by atoms with Crippen molar-refractivity contribution in [1.82, 2.24) is 24.3 Å². The third-order valence-corrected chi connectivity index (χ3v) is 3.37. The summed E-state index contributed by atoms with van der Waals surface area (Å²) in [5, 5.41) is 4.11. The molecule has 0 saturated heterocycles. The molecule has 0 amide bonds. The predicted octanol–water partition coefficient (Wildman–Crippen LogP) is 0.877. The molecule has 0 saturated carbocycles. The standard InChI is InChI=1S/C11H12N8S/c1-14-8-5-19-3-2-15-9(19)10(18-8)20-11-16-6(12)4-7(13)17-11/h2-5,14H,1H3,(H4,12,13,16,17). The molecule has 0 aliphatic heterocycles. The number of hydrogen-bond acceptors (Lipinski definition) is 8. The molecule has 0 aromatic carbocycles. The van der Waals surface area contributed by atoms with Crippen LogP contribution in [0.3, 0.4) is 0 Å². The molecule has 0 radical (unpaired) electrons. The highest BCUT2D eigenvalue weighted by Crippen LogP contribution is 2.28. The Labute approximate surface area is 118 Å². The van der Waals surface area contributed by atoms with Gasteiger partial charge in [0.15, 0.2) is 10.8 Å². The quantitative estimate of drug-likeness (QED) is 0.607. The molecule has 0 aliphatic rings. The van der Waals surface area contributed by atoms with Crippen LogP contribution in [0.1, 0.15) is 0 Å². The van der Waals surface area contributed by atoms with Gasteiger partial charge in [0.1, 0.15) is 22.5 Å². The maximum atomic E-state index is 5.66. The number of anilines is 3. The minimum atomic E-state index is 0.323. The Balaban J connectivity index is 2.07. The van der Waals surface area contributed by atoms with Crippen LogP contribution in [0.5, 0.6) is 0 Å². The van der Waals surface area contributed by atoms with E-state index in [2.05, 4.69) is 25.3 Å². The number of fused-ring (bicyclic) bond motifs is 1. The van der Waals surface area contributed by atoms with Crippen LogP contribution in [0, 0.1) is 0 Å². The number of nitrogens with zero attached hydrogens (tertiary/aromatic N) is 5. The summed E-state index contributed by atoms with van der Waals surface area (Å²) < 4.78 is 1.87. The van der Waals surface area contributed by atoms with Gasteiger partial charge >= 0.3 is 0 Å². The fourth-order valence-electron chi connectivity index (χ4n) is 1.69. The first kappa shape index (κ1) is 12.5. The van der Waals surface area contributed by atoms with Crippen LogP contribution in [0.25, 0.3) is 5.65 Å². The van der Waals surface area contributed by atoms with Crippen molar-refractivity contribution in [2.45, 2.75) is 10.2 Å². The topological polar surface area (TPSA) is 120 Å². The van der Waals surface area contributed by atoms with Gasteiger partial charge < -0.3 is 21.2 Å². The summed E-state index contributed by atoms with van der Waals surface area (Å²) in [5.74, 6) is 1.36. The second kappa shape index (κ2) is 4.85. The minimum Gasteiger partial charge on any atom is -0.383 e. The van der Waals surface area contributed by atoms with Crippen LogP contribution in [0.4, 0.5) is 17.5 Å². The molecule has 5 N–H and O–H groups in total. The zero-order chi connectivity index (χ0) is 14.1. The van der Waals surface area contributed by atoms with Gasteiger partial charge in [-0.2, -0.15) is 0 Å². The van der Waals surface area contributed by atoms with Crippen LogP contribution in [-0.2, 0) is 0 Å². The van der Waals surface area contributed by atoms with E-state index >= 15 is 0 Å². The molecule has 0 aliphatic carbocycles. The van der Waals surface area contributed by atoms with E-state index in [0.29, 0.717) is 21.8 Å². The van der Waals surface area contributed by atoms with E-state index in [1.54, 1.807) is 13.2 Å². The lowest BCUT2D eigenvalue weighted by atomic mass is 10.5. The summed E-state index contributed by atoms with van der Waals surface area (Å²) in [4.78, 5) is 17.0. The van der Waals surface area contributed by atoms with Crippen molar-refractivity contribution in [2.24, 2.45) is 0 Å². The fraction of sp³-hybridized carbons (Fsp3) is 0.0909. The Morgan fingerprint density at radius 3 is 2.65 bits per heavy atom. The van der Waals surface area contributed by atoms with Crippen molar-refractivity contribution < 1.29 is 0 Å². The van der Waals surface area contributed by atoms with E-state index in [0.717, 1.165) is 11.5 Å². The molecular weight excluding hydrogens is 276 g/mol. The van der Waals surface area contributed by atoms with E-state index in [9.17, 15) is 0 Å². The van der Waals surface area contributed by atoms with E-state index in [-0.39, 0.29) is 0 Å². The third kappa shape index (κ3) is 2.30. The van der Waals surface area contributed by atoms with Gasteiger partial charge in [0, 0.05) is 25.5 Å². The number of aromatic nitrogens is 5. The number of nitrogens with two attached hydrogens (primary N) is 2. The molecular formula is C11H12N8S. The van der Waals surface area contributed by atoms with Gasteiger partial charge in [-0.05, 0) is 11.8 Å². The van der Waals surface area contributed by atoms with Gasteiger partial charge in [-0.15, -0.1) is 0 Å². The molecule has 3 aromatic rings. The molecule has 20 heavy (non-hydrogen) atoms. The molecule has 8 nitrogen and oxygen atoms in total. The number of rotatable bonds is 3. The molecule has 0 unspecified atom stereocenters. The smallest absolute Gasteiger partial charge is 0.197 e. The number of imidazole rings is 1. The summed E-state index contributed by atoms with van der Waals surface area (Å²) in [7, 11) is 1.80.